The molecule has 1 amide bonds. The number of halogens is 3. The average Bonchev–Trinajstić information content (AvgIpc) is 2.88. The van der Waals surface area contributed by atoms with Gasteiger partial charge in [0, 0.05) is 11.6 Å². The lowest BCUT2D eigenvalue weighted by Crippen LogP contribution is -2.29. The summed E-state index contributed by atoms with van der Waals surface area (Å²) in [5, 5.41) is 0.299. The van der Waals surface area contributed by atoms with Crippen molar-refractivity contribution in [2.75, 3.05) is 0 Å². The number of nitrogens with zero attached hydrogens (tertiary/aromatic N) is 1. The minimum absolute atomic E-state index is 0.0585. The van der Waals surface area contributed by atoms with Gasteiger partial charge in [0.05, 0.1) is 5.25 Å². The predicted molar refractivity (Wildman–Crippen MR) is 104 cm³/mol. The van der Waals surface area contributed by atoms with Crippen LogP contribution in [0.2, 0.25) is 5.02 Å². The third-order valence-corrected chi connectivity index (χ3v) is 6.13. The van der Waals surface area contributed by atoms with Gasteiger partial charge in [-0.1, -0.05) is 23.7 Å². The highest BCUT2D eigenvalue weighted by Gasteiger charge is 2.38. The SMILES string of the molecule is Cc1cc([C@@H]2S[C@H](C)C(=O)N2Cc2ccc(Cl)cc2)cc(C)c1OC(F)F. The number of hydrogen-bond donors (Lipinski definition) is 0. The standard InChI is InChI=1S/C20H20ClF2NO2S/c1-11-8-15(9-12(2)17(11)26-20(22)23)19-24(18(25)13(3)27-19)10-14-4-6-16(21)7-5-14/h4-9,13,19-20H,10H2,1-3H3/t13-,19+/m1/s1. The van der Waals surface area contributed by atoms with Crippen LogP contribution in [-0.4, -0.2) is 22.7 Å². The molecule has 0 N–H and O–H groups in total. The van der Waals surface area contributed by atoms with Crippen LogP contribution in [0.5, 0.6) is 5.75 Å². The lowest BCUT2D eigenvalue weighted by atomic mass is 10.0. The molecule has 1 aliphatic heterocycles. The molecule has 1 aliphatic rings. The smallest absolute Gasteiger partial charge is 0.387 e. The van der Waals surface area contributed by atoms with Gasteiger partial charge in [0.1, 0.15) is 11.1 Å². The monoisotopic (exact) mass is 411 g/mol. The number of rotatable bonds is 5. The van der Waals surface area contributed by atoms with E-state index in [4.69, 9.17) is 11.6 Å². The van der Waals surface area contributed by atoms with E-state index in [1.807, 2.05) is 36.1 Å². The number of amides is 1. The van der Waals surface area contributed by atoms with Crippen molar-refractivity contribution < 1.29 is 18.3 Å². The zero-order valence-electron chi connectivity index (χ0n) is 15.2. The van der Waals surface area contributed by atoms with Crippen LogP contribution in [0.4, 0.5) is 8.78 Å². The van der Waals surface area contributed by atoms with Crippen molar-refractivity contribution in [2.24, 2.45) is 0 Å². The van der Waals surface area contributed by atoms with Gasteiger partial charge in [0.25, 0.3) is 0 Å². The molecule has 0 unspecified atom stereocenters. The first-order valence-corrected chi connectivity index (χ1v) is 9.84. The summed E-state index contributed by atoms with van der Waals surface area (Å²) in [6.07, 6.45) is 0. The maximum Gasteiger partial charge on any atom is 0.387 e. The van der Waals surface area contributed by atoms with E-state index in [0.29, 0.717) is 22.7 Å². The number of ether oxygens (including phenoxy) is 1. The molecule has 0 saturated carbocycles. The maximum atomic E-state index is 12.7. The van der Waals surface area contributed by atoms with Crippen molar-refractivity contribution in [3.05, 3.63) is 63.7 Å². The molecule has 1 saturated heterocycles. The average molecular weight is 412 g/mol. The van der Waals surface area contributed by atoms with Crippen molar-refractivity contribution >= 4 is 29.3 Å². The number of alkyl halides is 2. The third kappa shape index (κ3) is 4.38. The molecule has 2 atom stereocenters. The molecule has 3 rings (SSSR count). The second-order valence-corrected chi connectivity index (χ2v) is 8.45. The Kier molecular flexibility index (Phi) is 5.96. The number of benzene rings is 2. The van der Waals surface area contributed by atoms with E-state index in [2.05, 4.69) is 4.74 Å². The molecule has 7 heteroatoms. The van der Waals surface area contributed by atoms with Crippen LogP contribution in [0.1, 0.15) is 34.6 Å². The maximum absolute atomic E-state index is 12.7. The molecule has 0 spiro atoms. The first-order chi connectivity index (χ1) is 12.8. The molecule has 0 aliphatic carbocycles. The van der Waals surface area contributed by atoms with E-state index in [1.54, 1.807) is 37.7 Å². The summed E-state index contributed by atoms with van der Waals surface area (Å²) in [4.78, 5) is 14.5. The summed E-state index contributed by atoms with van der Waals surface area (Å²) >= 11 is 7.50. The van der Waals surface area contributed by atoms with Crippen LogP contribution >= 0.6 is 23.4 Å². The molecule has 1 fully saturated rings. The van der Waals surface area contributed by atoms with E-state index >= 15 is 0 Å². The van der Waals surface area contributed by atoms with Gasteiger partial charge in [-0.3, -0.25) is 4.79 Å². The molecule has 0 radical (unpaired) electrons. The molecule has 0 bridgehead atoms. The summed E-state index contributed by atoms with van der Waals surface area (Å²) in [7, 11) is 0. The van der Waals surface area contributed by atoms with Crippen molar-refractivity contribution in [1.82, 2.24) is 4.90 Å². The van der Waals surface area contributed by atoms with E-state index in [0.717, 1.165) is 11.1 Å². The lowest BCUT2D eigenvalue weighted by molar-refractivity contribution is -0.130. The van der Waals surface area contributed by atoms with E-state index < -0.39 is 6.61 Å². The van der Waals surface area contributed by atoms with Crippen LogP contribution < -0.4 is 4.74 Å². The van der Waals surface area contributed by atoms with Gasteiger partial charge in [-0.25, -0.2) is 0 Å². The topological polar surface area (TPSA) is 29.5 Å². The third-order valence-electron chi connectivity index (χ3n) is 4.49. The fourth-order valence-corrected chi connectivity index (χ4v) is 4.66. The number of carbonyl (C=O) groups is 1. The van der Waals surface area contributed by atoms with Crippen molar-refractivity contribution in [3.63, 3.8) is 0 Å². The van der Waals surface area contributed by atoms with Gasteiger partial charge in [-0.2, -0.15) is 8.78 Å². The largest absolute Gasteiger partial charge is 0.434 e. The van der Waals surface area contributed by atoms with Gasteiger partial charge in [0.15, 0.2) is 0 Å². The Bertz CT molecular complexity index is 821. The van der Waals surface area contributed by atoms with Crippen LogP contribution in [0.15, 0.2) is 36.4 Å². The van der Waals surface area contributed by atoms with E-state index in [1.165, 1.54) is 0 Å². The molecule has 27 heavy (non-hydrogen) atoms. The number of thioether (sulfide) groups is 1. The first kappa shape index (κ1) is 20.0. The summed E-state index contributed by atoms with van der Waals surface area (Å²) in [6.45, 7) is 2.96. The van der Waals surface area contributed by atoms with Gasteiger partial charge in [0.2, 0.25) is 5.91 Å². The molecular weight excluding hydrogens is 392 g/mol. The Balaban J connectivity index is 1.91. The zero-order chi connectivity index (χ0) is 19.7. The normalized spacial score (nSPS) is 19.8. The Morgan fingerprint density at radius 1 is 1.19 bits per heavy atom. The molecule has 2 aromatic carbocycles. The van der Waals surface area contributed by atoms with Gasteiger partial charge >= 0.3 is 6.61 Å². The predicted octanol–water partition coefficient (Wildman–Crippen LogP) is 5.72. The van der Waals surface area contributed by atoms with E-state index in [-0.39, 0.29) is 22.3 Å². The fraction of sp³-hybridized carbons (Fsp3) is 0.350. The van der Waals surface area contributed by atoms with Crippen molar-refractivity contribution in [1.29, 1.82) is 0 Å². The highest BCUT2D eigenvalue weighted by Crippen LogP contribution is 2.45. The molecule has 0 aromatic heterocycles. The summed E-state index contributed by atoms with van der Waals surface area (Å²) in [5.74, 6) is 0.253. The molecule has 144 valence electrons. The van der Waals surface area contributed by atoms with Crippen LogP contribution in [0.3, 0.4) is 0 Å². The first-order valence-electron chi connectivity index (χ1n) is 8.52. The van der Waals surface area contributed by atoms with Crippen LogP contribution in [-0.2, 0) is 11.3 Å². The van der Waals surface area contributed by atoms with Crippen molar-refractivity contribution in [3.8, 4) is 5.75 Å². The molecule has 2 aromatic rings. The highest BCUT2D eigenvalue weighted by molar-refractivity contribution is 8.01. The van der Waals surface area contributed by atoms with E-state index in [9.17, 15) is 13.6 Å². The minimum atomic E-state index is -2.86. The highest BCUT2D eigenvalue weighted by atomic mass is 35.5. The van der Waals surface area contributed by atoms with Gasteiger partial charge < -0.3 is 9.64 Å². The fourth-order valence-electron chi connectivity index (χ4n) is 3.28. The Labute approximate surface area is 166 Å². The Hall–Kier alpha value is -1.79. The molecule has 1 heterocycles. The summed E-state index contributed by atoms with van der Waals surface area (Å²) in [5.41, 5.74) is 3.15. The second-order valence-electron chi connectivity index (χ2n) is 6.59. The number of carbonyl (C=O) groups excluding carboxylic acids is 1. The Morgan fingerprint density at radius 3 is 2.33 bits per heavy atom. The van der Waals surface area contributed by atoms with Crippen molar-refractivity contribution in [2.45, 2.75) is 44.6 Å². The molecule has 3 nitrogen and oxygen atoms in total. The summed E-state index contributed by atoms with van der Waals surface area (Å²) < 4.78 is 29.9. The van der Waals surface area contributed by atoms with Crippen LogP contribution in [0, 0.1) is 13.8 Å². The number of aryl methyl sites for hydroxylation is 2. The zero-order valence-corrected chi connectivity index (χ0v) is 16.8. The Morgan fingerprint density at radius 2 is 1.78 bits per heavy atom. The summed E-state index contributed by atoms with van der Waals surface area (Å²) in [6, 6.07) is 11.0. The second kappa shape index (κ2) is 8.07. The lowest BCUT2D eigenvalue weighted by Gasteiger charge is -2.25. The quantitative estimate of drug-likeness (QED) is 0.630. The van der Waals surface area contributed by atoms with Gasteiger partial charge in [-0.15, -0.1) is 11.8 Å². The van der Waals surface area contributed by atoms with Gasteiger partial charge in [-0.05, 0) is 67.3 Å². The molecular formula is C20H20ClF2NO2S. The number of hydrogen-bond acceptors (Lipinski definition) is 3. The van der Waals surface area contributed by atoms with Crippen LogP contribution in [0.25, 0.3) is 0 Å². The minimum Gasteiger partial charge on any atom is -0.434 e.